The average Bonchev–Trinajstić information content (AvgIpc) is 1.77. The zero-order chi connectivity index (χ0) is 5.98. The predicted octanol–water partition coefficient (Wildman–Crippen LogP) is 1.17. The monoisotopic (exact) mass is 378 g/mol. The molecule has 0 aliphatic carbocycles. The van der Waals surface area contributed by atoms with Crippen molar-refractivity contribution >= 4 is 5.69 Å². The average molecular weight is 378 g/mol. The van der Waals surface area contributed by atoms with Crippen LogP contribution in [0, 0.1) is 19.1 Å². The van der Waals surface area contributed by atoms with Gasteiger partial charge < -0.3 is 11.8 Å². The molecule has 0 aliphatic heterocycles. The van der Waals surface area contributed by atoms with E-state index in [-0.39, 0.29) is 53.8 Å². The van der Waals surface area contributed by atoms with Crippen molar-refractivity contribution in [3.8, 4) is 0 Å². The zero-order valence-corrected chi connectivity index (χ0v) is 11.5. The van der Waals surface area contributed by atoms with E-state index in [1.54, 1.807) is 6.07 Å². The van der Waals surface area contributed by atoms with E-state index in [2.05, 4.69) is 12.1 Å². The van der Waals surface area contributed by atoms with Crippen molar-refractivity contribution in [2.24, 2.45) is 0 Å². The zero-order valence-electron chi connectivity index (χ0n) is 5.72. The SMILES string of the molecule is Cc1[c-]cc(N)[c-]c1.[W].[Y]. The third-order valence-corrected chi connectivity index (χ3v) is 0.911. The van der Waals surface area contributed by atoms with Gasteiger partial charge in [0.15, 0.2) is 0 Å². The fourth-order valence-corrected chi connectivity index (χ4v) is 0.467. The molecule has 0 amide bonds. The molecule has 1 aromatic rings. The molecule has 0 aliphatic rings. The summed E-state index contributed by atoms with van der Waals surface area (Å²) in [6.07, 6.45) is 0. The first kappa shape index (κ1) is 13.4. The number of rotatable bonds is 0. The van der Waals surface area contributed by atoms with Crippen LogP contribution in [0.5, 0.6) is 0 Å². The van der Waals surface area contributed by atoms with Gasteiger partial charge in [0, 0.05) is 53.8 Å². The maximum Gasteiger partial charge on any atom is 0 e. The molecule has 1 rings (SSSR count). The van der Waals surface area contributed by atoms with Crippen LogP contribution < -0.4 is 5.73 Å². The molecule has 0 fully saturated rings. The summed E-state index contributed by atoms with van der Waals surface area (Å²) in [7, 11) is 0. The van der Waals surface area contributed by atoms with Crippen molar-refractivity contribution in [2.45, 2.75) is 6.92 Å². The molecule has 0 saturated heterocycles. The van der Waals surface area contributed by atoms with Crippen LogP contribution in [-0.2, 0) is 53.8 Å². The summed E-state index contributed by atoms with van der Waals surface area (Å²) in [6, 6.07) is 9.32. The summed E-state index contributed by atoms with van der Waals surface area (Å²) >= 11 is 0. The molecule has 0 aromatic heterocycles. The Bertz CT molecular complexity index is 152. The van der Waals surface area contributed by atoms with Crippen LogP contribution in [0.4, 0.5) is 5.69 Å². The maximum absolute atomic E-state index is 5.34. The number of benzene rings is 1. The summed E-state index contributed by atoms with van der Waals surface area (Å²) < 4.78 is 0. The van der Waals surface area contributed by atoms with Gasteiger partial charge in [0.1, 0.15) is 0 Å². The van der Waals surface area contributed by atoms with E-state index in [1.165, 1.54) is 0 Å². The fourth-order valence-electron chi connectivity index (χ4n) is 0.467. The second kappa shape index (κ2) is 6.52. The van der Waals surface area contributed by atoms with Crippen LogP contribution >= 0.6 is 0 Å². The first-order valence-electron chi connectivity index (χ1n) is 2.44. The van der Waals surface area contributed by atoms with Gasteiger partial charge in [-0.25, -0.2) is 0 Å². The van der Waals surface area contributed by atoms with Gasteiger partial charge in [-0.2, -0.15) is 5.69 Å². The number of nitrogens with two attached hydrogens (primary N) is 1. The fraction of sp³-hybridized carbons (Fsp3) is 0.143. The third kappa shape index (κ3) is 4.60. The molecule has 51 valence electrons. The van der Waals surface area contributed by atoms with E-state index in [9.17, 15) is 0 Å². The van der Waals surface area contributed by atoms with Crippen molar-refractivity contribution in [1.29, 1.82) is 0 Å². The Kier molecular flexibility index (Phi) is 8.74. The summed E-state index contributed by atoms with van der Waals surface area (Å²) in [6.45, 7) is 1.95. The second-order valence-corrected chi connectivity index (χ2v) is 1.72. The molecule has 0 spiro atoms. The topological polar surface area (TPSA) is 26.0 Å². The predicted molar refractivity (Wildman–Crippen MR) is 33.3 cm³/mol. The Morgan fingerprint density at radius 1 is 1.30 bits per heavy atom. The molecule has 10 heavy (non-hydrogen) atoms. The van der Waals surface area contributed by atoms with Gasteiger partial charge in [-0.3, -0.25) is 23.8 Å². The molecule has 3 heteroatoms. The Balaban J connectivity index is 0. The Hall–Kier alpha value is 0.812. The van der Waals surface area contributed by atoms with Gasteiger partial charge in [0.2, 0.25) is 0 Å². The van der Waals surface area contributed by atoms with Crippen molar-refractivity contribution in [2.75, 3.05) is 5.73 Å². The number of hydrogen-bond acceptors (Lipinski definition) is 1. The van der Waals surface area contributed by atoms with Gasteiger partial charge in [0.25, 0.3) is 0 Å². The minimum absolute atomic E-state index is 0. The molecule has 0 saturated carbocycles. The quantitative estimate of drug-likeness (QED) is 0.533. The summed E-state index contributed by atoms with van der Waals surface area (Å²) in [5.41, 5.74) is 7.06. The van der Waals surface area contributed by atoms with Crippen LogP contribution in [0.3, 0.4) is 0 Å². The van der Waals surface area contributed by atoms with Gasteiger partial charge >= 0.3 is 0 Å². The Morgan fingerprint density at radius 2 is 1.90 bits per heavy atom. The molecule has 0 unspecified atom stereocenters. The van der Waals surface area contributed by atoms with E-state index < -0.39 is 0 Å². The number of aryl methyl sites for hydroxylation is 1. The van der Waals surface area contributed by atoms with Gasteiger partial charge in [-0.05, 0) is 0 Å². The minimum Gasteiger partial charge on any atom is -0.472 e. The number of hydrogen-bond donors (Lipinski definition) is 1. The van der Waals surface area contributed by atoms with Gasteiger partial charge in [-0.1, -0.05) is 0 Å². The van der Waals surface area contributed by atoms with Crippen molar-refractivity contribution in [1.82, 2.24) is 0 Å². The minimum atomic E-state index is 0. The third-order valence-electron chi connectivity index (χ3n) is 0.911. The molecule has 1 aromatic carbocycles. The molecular formula is C7H7NWY-2. The van der Waals surface area contributed by atoms with E-state index in [1.807, 2.05) is 13.0 Å². The smallest absolute Gasteiger partial charge is 0 e. The van der Waals surface area contributed by atoms with Crippen LogP contribution in [-0.4, -0.2) is 0 Å². The van der Waals surface area contributed by atoms with E-state index >= 15 is 0 Å². The van der Waals surface area contributed by atoms with Crippen molar-refractivity contribution < 1.29 is 53.8 Å². The van der Waals surface area contributed by atoms with E-state index in [0.717, 1.165) is 5.56 Å². The first-order chi connectivity index (χ1) is 3.79. The first-order valence-corrected chi connectivity index (χ1v) is 2.44. The summed E-state index contributed by atoms with van der Waals surface area (Å²) in [5.74, 6) is 0. The van der Waals surface area contributed by atoms with Crippen LogP contribution in [0.2, 0.25) is 0 Å². The molecule has 1 nitrogen and oxygen atoms in total. The van der Waals surface area contributed by atoms with E-state index in [4.69, 9.17) is 5.73 Å². The molecule has 0 heterocycles. The van der Waals surface area contributed by atoms with Crippen LogP contribution in [0.25, 0.3) is 0 Å². The van der Waals surface area contributed by atoms with Gasteiger partial charge in [0.05, 0.1) is 0 Å². The standard InChI is InChI=1S/C7H7N.W.Y/c1-6-2-4-7(8)5-3-6;;/h2,5H,8H2,1H3;;/q-2;;. The molecule has 0 bridgehead atoms. The molecule has 2 N–H and O–H groups in total. The summed E-state index contributed by atoms with van der Waals surface area (Å²) in [5, 5.41) is 0. The van der Waals surface area contributed by atoms with Crippen molar-refractivity contribution in [3.05, 3.63) is 29.8 Å². The van der Waals surface area contributed by atoms with Crippen molar-refractivity contribution in [3.63, 3.8) is 0 Å². The van der Waals surface area contributed by atoms with E-state index in [0.29, 0.717) is 5.69 Å². The van der Waals surface area contributed by atoms with Crippen LogP contribution in [0.1, 0.15) is 5.56 Å². The molecule has 0 atom stereocenters. The maximum atomic E-state index is 5.34. The number of anilines is 1. The normalized spacial score (nSPS) is 7.30. The Morgan fingerprint density at radius 3 is 2.20 bits per heavy atom. The second-order valence-electron chi connectivity index (χ2n) is 1.72. The van der Waals surface area contributed by atoms with Gasteiger partial charge in [-0.15, -0.1) is 6.92 Å². The van der Waals surface area contributed by atoms with Crippen LogP contribution in [0.15, 0.2) is 12.1 Å². The number of nitrogen functional groups attached to an aromatic ring is 1. The largest absolute Gasteiger partial charge is 0.472 e. The molecular weight excluding hydrogens is 371 g/mol. The molecule has 1 radical (unpaired) electrons. The Labute approximate surface area is 101 Å². The summed E-state index contributed by atoms with van der Waals surface area (Å²) in [4.78, 5) is 0.